The Morgan fingerprint density at radius 3 is 2.88 bits per heavy atom. The number of thiophene rings is 1. The fourth-order valence-electron chi connectivity index (χ4n) is 2.31. The summed E-state index contributed by atoms with van der Waals surface area (Å²) >= 11 is 1.57. The first kappa shape index (κ1) is 20.2. The number of hydrogen-bond donors (Lipinski definition) is 3. The molecule has 26 heavy (non-hydrogen) atoms. The van der Waals surface area contributed by atoms with Crippen LogP contribution in [0.5, 0.6) is 5.88 Å². The van der Waals surface area contributed by atoms with Crippen LogP contribution < -0.4 is 15.4 Å². The molecule has 0 aromatic carbocycles. The first-order valence-electron chi connectivity index (χ1n) is 8.90. The van der Waals surface area contributed by atoms with Crippen LogP contribution in [0.4, 0.5) is 0 Å². The Kier molecular flexibility index (Phi) is 7.87. The minimum absolute atomic E-state index is 0.363. The molecule has 0 saturated heterocycles. The Morgan fingerprint density at radius 1 is 1.35 bits per heavy atom. The quantitative estimate of drug-likeness (QED) is 0.463. The molecule has 1 atom stereocenters. The molecule has 0 fully saturated rings. The van der Waals surface area contributed by atoms with Gasteiger partial charge in [-0.25, -0.2) is 9.98 Å². The number of guanidine groups is 1. The standard InChI is InChI=1S/C19H28N4O2S/c1-4-10-25-17-15(7-6-9-21-17)12-22-18(20-5-2)23-14-19(3,24)16-8-11-26-13-16/h6-9,11,13,24H,4-5,10,12,14H2,1-3H3,(H2,20,22,23). The van der Waals surface area contributed by atoms with Gasteiger partial charge in [0.1, 0.15) is 5.60 Å². The van der Waals surface area contributed by atoms with E-state index in [9.17, 15) is 5.11 Å². The lowest BCUT2D eigenvalue weighted by molar-refractivity contribution is 0.0621. The minimum Gasteiger partial charge on any atom is -0.477 e. The zero-order valence-electron chi connectivity index (χ0n) is 15.7. The Hall–Kier alpha value is -2.12. The Balaban J connectivity index is 2.03. The third kappa shape index (κ3) is 6.00. The van der Waals surface area contributed by atoms with Gasteiger partial charge in [-0.1, -0.05) is 13.0 Å². The Morgan fingerprint density at radius 2 is 2.19 bits per heavy atom. The lowest BCUT2D eigenvalue weighted by Crippen LogP contribution is -2.44. The number of nitrogens with zero attached hydrogens (tertiary/aromatic N) is 2. The molecule has 0 spiro atoms. The zero-order valence-corrected chi connectivity index (χ0v) is 16.5. The van der Waals surface area contributed by atoms with Crippen LogP contribution in [0, 0.1) is 0 Å². The molecule has 2 aromatic heterocycles. The van der Waals surface area contributed by atoms with Gasteiger partial charge in [-0.15, -0.1) is 0 Å². The molecule has 0 radical (unpaired) electrons. The summed E-state index contributed by atoms with van der Waals surface area (Å²) in [6.07, 6.45) is 2.65. The average molecular weight is 377 g/mol. The van der Waals surface area contributed by atoms with Gasteiger partial charge in [0.25, 0.3) is 0 Å². The van der Waals surface area contributed by atoms with Crippen molar-refractivity contribution >= 4 is 17.3 Å². The van der Waals surface area contributed by atoms with Crippen LogP contribution in [0.25, 0.3) is 0 Å². The zero-order chi connectivity index (χ0) is 18.8. The number of aliphatic imine (C=N–C) groups is 1. The van der Waals surface area contributed by atoms with E-state index in [4.69, 9.17) is 4.74 Å². The van der Waals surface area contributed by atoms with Crippen LogP contribution in [-0.4, -0.2) is 35.7 Å². The molecule has 2 heterocycles. The van der Waals surface area contributed by atoms with Crippen LogP contribution in [0.2, 0.25) is 0 Å². The molecule has 0 aliphatic rings. The first-order valence-corrected chi connectivity index (χ1v) is 9.85. The number of nitrogens with one attached hydrogen (secondary N) is 2. The maximum atomic E-state index is 10.6. The summed E-state index contributed by atoms with van der Waals surface area (Å²) in [6.45, 7) is 8.05. The molecule has 0 amide bonds. The summed E-state index contributed by atoms with van der Waals surface area (Å²) in [4.78, 5) is 8.89. The lowest BCUT2D eigenvalue weighted by Gasteiger charge is -2.24. The number of pyridine rings is 1. The smallest absolute Gasteiger partial charge is 0.218 e. The monoisotopic (exact) mass is 376 g/mol. The van der Waals surface area contributed by atoms with E-state index in [0.29, 0.717) is 31.5 Å². The van der Waals surface area contributed by atoms with Gasteiger partial charge in [0.2, 0.25) is 5.88 Å². The number of aromatic nitrogens is 1. The van der Waals surface area contributed by atoms with Crippen LogP contribution in [0.3, 0.4) is 0 Å². The molecule has 2 rings (SSSR count). The van der Waals surface area contributed by atoms with Crippen molar-refractivity contribution < 1.29 is 9.84 Å². The molecule has 7 heteroatoms. The molecule has 0 aliphatic heterocycles. The highest BCUT2D eigenvalue weighted by Crippen LogP contribution is 2.22. The van der Waals surface area contributed by atoms with E-state index in [1.807, 2.05) is 35.9 Å². The molecule has 142 valence electrons. The van der Waals surface area contributed by atoms with Crippen molar-refractivity contribution in [1.82, 2.24) is 15.6 Å². The van der Waals surface area contributed by atoms with E-state index in [2.05, 4.69) is 27.5 Å². The number of aliphatic hydroxyl groups is 1. The fraction of sp³-hybridized carbons (Fsp3) is 0.474. The summed E-state index contributed by atoms with van der Waals surface area (Å²) in [7, 11) is 0. The van der Waals surface area contributed by atoms with Gasteiger partial charge >= 0.3 is 0 Å². The van der Waals surface area contributed by atoms with E-state index in [-0.39, 0.29) is 0 Å². The van der Waals surface area contributed by atoms with Gasteiger partial charge in [-0.2, -0.15) is 11.3 Å². The van der Waals surface area contributed by atoms with Gasteiger partial charge in [0, 0.05) is 18.3 Å². The molecular formula is C19H28N4O2S. The van der Waals surface area contributed by atoms with Crippen LogP contribution in [-0.2, 0) is 12.1 Å². The fourth-order valence-corrected chi connectivity index (χ4v) is 3.09. The molecule has 0 bridgehead atoms. The van der Waals surface area contributed by atoms with Gasteiger partial charge in [0.05, 0.1) is 19.7 Å². The van der Waals surface area contributed by atoms with Crippen LogP contribution >= 0.6 is 11.3 Å². The van der Waals surface area contributed by atoms with Crippen molar-refractivity contribution in [2.75, 3.05) is 19.7 Å². The highest BCUT2D eigenvalue weighted by atomic mass is 32.1. The molecular weight excluding hydrogens is 348 g/mol. The predicted molar refractivity (Wildman–Crippen MR) is 107 cm³/mol. The van der Waals surface area contributed by atoms with E-state index < -0.39 is 5.60 Å². The minimum atomic E-state index is -0.958. The summed E-state index contributed by atoms with van der Waals surface area (Å²) in [5, 5.41) is 21.0. The highest BCUT2D eigenvalue weighted by Gasteiger charge is 2.23. The largest absolute Gasteiger partial charge is 0.477 e. The van der Waals surface area contributed by atoms with Gasteiger partial charge in [0.15, 0.2) is 5.96 Å². The predicted octanol–water partition coefficient (Wildman–Crippen LogP) is 2.89. The lowest BCUT2D eigenvalue weighted by atomic mass is 9.99. The third-order valence-corrected chi connectivity index (χ3v) is 4.47. The first-order chi connectivity index (χ1) is 12.6. The van der Waals surface area contributed by atoms with E-state index >= 15 is 0 Å². The van der Waals surface area contributed by atoms with Gasteiger partial charge in [-0.3, -0.25) is 0 Å². The maximum absolute atomic E-state index is 10.6. The molecule has 0 saturated carbocycles. The number of hydrogen-bond acceptors (Lipinski definition) is 5. The average Bonchev–Trinajstić information content (AvgIpc) is 3.19. The second kappa shape index (κ2) is 10.1. The summed E-state index contributed by atoms with van der Waals surface area (Å²) in [5.41, 5.74) is 0.871. The van der Waals surface area contributed by atoms with E-state index in [0.717, 1.165) is 24.1 Å². The molecule has 6 nitrogen and oxygen atoms in total. The molecule has 2 aromatic rings. The topological polar surface area (TPSA) is 78.8 Å². The SMILES string of the molecule is CCCOc1ncccc1CN=C(NCC)NCC(C)(O)c1ccsc1. The molecule has 3 N–H and O–H groups in total. The van der Waals surface area contributed by atoms with Crippen LogP contribution in [0.1, 0.15) is 38.3 Å². The highest BCUT2D eigenvalue weighted by molar-refractivity contribution is 7.08. The summed E-state index contributed by atoms with van der Waals surface area (Å²) in [6, 6.07) is 5.78. The second-order valence-corrected chi connectivity index (χ2v) is 6.93. The van der Waals surface area contributed by atoms with Crippen molar-refractivity contribution in [1.29, 1.82) is 0 Å². The second-order valence-electron chi connectivity index (χ2n) is 6.15. The van der Waals surface area contributed by atoms with Crippen molar-refractivity contribution in [2.45, 2.75) is 39.3 Å². The number of ether oxygens (including phenoxy) is 1. The van der Waals surface area contributed by atoms with E-state index in [1.165, 1.54) is 0 Å². The Bertz CT molecular complexity index is 687. The van der Waals surface area contributed by atoms with Gasteiger partial charge in [-0.05, 0) is 48.7 Å². The summed E-state index contributed by atoms with van der Waals surface area (Å²) < 4.78 is 5.68. The van der Waals surface area contributed by atoms with Crippen LogP contribution in [0.15, 0.2) is 40.1 Å². The van der Waals surface area contributed by atoms with Crippen molar-refractivity contribution in [2.24, 2.45) is 4.99 Å². The molecule has 0 aliphatic carbocycles. The third-order valence-electron chi connectivity index (χ3n) is 3.79. The van der Waals surface area contributed by atoms with E-state index in [1.54, 1.807) is 24.5 Å². The van der Waals surface area contributed by atoms with Crippen molar-refractivity contribution in [3.8, 4) is 5.88 Å². The normalized spacial score (nSPS) is 13.9. The number of rotatable bonds is 9. The summed E-state index contributed by atoms with van der Waals surface area (Å²) in [5.74, 6) is 1.27. The van der Waals surface area contributed by atoms with Crippen molar-refractivity contribution in [3.63, 3.8) is 0 Å². The maximum Gasteiger partial charge on any atom is 0.218 e. The van der Waals surface area contributed by atoms with Crippen molar-refractivity contribution in [3.05, 3.63) is 46.3 Å². The molecule has 1 unspecified atom stereocenters. The van der Waals surface area contributed by atoms with Gasteiger partial charge < -0.3 is 20.5 Å². The Labute approximate surface area is 159 Å².